The minimum Gasteiger partial charge on any atom is -0.459 e. The number of aromatic nitrogens is 1. The van der Waals surface area contributed by atoms with Gasteiger partial charge in [-0.05, 0) is 92.6 Å². The quantitative estimate of drug-likeness (QED) is 0.321. The molecule has 0 saturated carbocycles. The highest BCUT2D eigenvalue weighted by Crippen LogP contribution is 2.48. The first-order valence-electron chi connectivity index (χ1n) is 21.3. The van der Waals surface area contributed by atoms with Crippen LogP contribution in [0.25, 0.3) is 10.9 Å². The number of esters is 1. The molecule has 4 N–H and O–H groups in total. The van der Waals surface area contributed by atoms with E-state index in [9.17, 15) is 24.9 Å². The molecule has 14 atom stereocenters. The van der Waals surface area contributed by atoms with E-state index >= 15 is 0 Å². The lowest BCUT2D eigenvalue weighted by molar-refractivity contribution is -0.331. The Morgan fingerprint density at radius 1 is 1.07 bits per heavy atom. The van der Waals surface area contributed by atoms with Crippen molar-refractivity contribution in [2.45, 2.75) is 159 Å². The van der Waals surface area contributed by atoms with Gasteiger partial charge < -0.3 is 54.1 Å². The summed E-state index contributed by atoms with van der Waals surface area (Å²) in [6.45, 7) is 16.1. The SMILES string of the molecule is CC[C@H]1OC(=O)[C@H](C)[C@H]2OC3(CCN(C(=O)c4ccnc5ccccc45)CC3)O[C@](C)(C[C@@H](C)CN[C@H](C)[C@@H](O)[C@]1(C)O)[C@H](O[C@@H]1O[C@H](C)C[C@H](N(C)C)[C@H]1O)[C@H]2C. The Morgan fingerprint density at radius 3 is 2.43 bits per heavy atom. The highest BCUT2D eigenvalue weighted by Gasteiger charge is 2.58. The number of benzene rings is 1. The number of nitrogens with zero attached hydrogens (tertiary/aromatic N) is 3. The van der Waals surface area contributed by atoms with E-state index in [1.165, 1.54) is 6.92 Å². The molecule has 58 heavy (non-hydrogen) atoms. The highest BCUT2D eigenvalue weighted by atomic mass is 16.7. The van der Waals surface area contributed by atoms with Crippen molar-refractivity contribution in [2.75, 3.05) is 33.7 Å². The molecule has 5 heterocycles. The van der Waals surface area contributed by atoms with Crippen molar-refractivity contribution in [1.29, 1.82) is 0 Å². The van der Waals surface area contributed by atoms with E-state index in [1.54, 1.807) is 26.1 Å². The zero-order chi connectivity index (χ0) is 42.3. The first-order valence-corrected chi connectivity index (χ1v) is 21.3. The van der Waals surface area contributed by atoms with Gasteiger partial charge in [-0.15, -0.1) is 0 Å². The van der Waals surface area contributed by atoms with Gasteiger partial charge in [0.2, 0.25) is 0 Å². The fraction of sp³-hybridized carbons (Fsp3) is 0.750. The monoisotopic (exact) mass is 812 g/mol. The Bertz CT molecular complexity index is 1730. The minimum absolute atomic E-state index is 0.0498. The van der Waals surface area contributed by atoms with Crippen LogP contribution in [0.15, 0.2) is 36.5 Å². The topological polar surface area (TPSA) is 172 Å². The van der Waals surface area contributed by atoms with Crippen molar-refractivity contribution in [2.24, 2.45) is 17.8 Å². The van der Waals surface area contributed by atoms with Crippen LogP contribution in [-0.2, 0) is 28.5 Å². The molecule has 1 amide bonds. The molecule has 4 saturated heterocycles. The third kappa shape index (κ3) is 8.96. The van der Waals surface area contributed by atoms with Gasteiger partial charge in [-0.25, -0.2) is 0 Å². The number of aliphatic hydroxyl groups is 3. The van der Waals surface area contributed by atoms with Gasteiger partial charge >= 0.3 is 5.97 Å². The van der Waals surface area contributed by atoms with Crippen molar-refractivity contribution in [3.63, 3.8) is 0 Å². The molecular formula is C44H68N4O10. The summed E-state index contributed by atoms with van der Waals surface area (Å²) in [5.41, 5.74) is -1.50. The number of hydrogen-bond acceptors (Lipinski definition) is 13. The smallest absolute Gasteiger partial charge is 0.311 e. The molecule has 14 nitrogen and oxygen atoms in total. The molecule has 4 fully saturated rings. The van der Waals surface area contributed by atoms with Crippen LogP contribution in [0, 0.1) is 17.8 Å². The number of aliphatic hydroxyl groups excluding tert-OH is 2. The number of amides is 1. The normalized spacial score (nSPS) is 40.5. The second-order valence-corrected chi connectivity index (χ2v) is 18.4. The van der Waals surface area contributed by atoms with E-state index in [0.29, 0.717) is 50.9 Å². The lowest BCUT2D eigenvalue weighted by atomic mass is 9.78. The fourth-order valence-corrected chi connectivity index (χ4v) is 10.1. The number of likely N-dealkylation sites (N-methyl/N-ethyl adjacent to an activating group) is 1. The number of para-hydroxylation sites is 1. The largest absolute Gasteiger partial charge is 0.459 e. The molecule has 4 aliphatic heterocycles. The van der Waals surface area contributed by atoms with E-state index < -0.39 is 77.6 Å². The predicted molar refractivity (Wildman–Crippen MR) is 218 cm³/mol. The van der Waals surface area contributed by atoms with Gasteiger partial charge in [0.25, 0.3) is 5.91 Å². The standard InChI is InChI=1S/C44H68N4O10/c1-11-34-43(8,53)37(50)29(6)46-24-25(2)23-42(7)38(56-41-35(49)33(47(9)10)22-26(3)54-41)27(4)36(28(5)40(52)55-34)57-44(58-42)17-20-48(21-18-44)39(51)31-16-19-45-32-15-13-12-14-30(31)32/h12-16,19,25-29,33-38,41,46,49-50,53H,11,17-18,20-24H2,1-10H3/t25-,26-,27+,28-,29-,33+,34-,35-,36+,37-,38-,41+,42-,43-/m1/s1. The molecule has 6 rings (SSSR count). The van der Waals surface area contributed by atoms with E-state index in [1.807, 2.05) is 75.9 Å². The number of cyclic esters (lactones) is 1. The van der Waals surface area contributed by atoms with Crippen LogP contribution in [0.5, 0.6) is 0 Å². The number of fused-ring (bicyclic) bond motifs is 4. The molecule has 14 heteroatoms. The summed E-state index contributed by atoms with van der Waals surface area (Å²) in [4.78, 5) is 36.7. The zero-order valence-electron chi connectivity index (χ0n) is 36.1. The minimum atomic E-state index is -1.75. The first-order chi connectivity index (χ1) is 27.3. The van der Waals surface area contributed by atoms with Gasteiger partial charge in [-0.1, -0.05) is 39.0 Å². The Balaban J connectivity index is 1.40. The Kier molecular flexibility index (Phi) is 13.6. The van der Waals surface area contributed by atoms with Gasteiger partial charge in [-0.3, -0.25) is 14.6 Å². The molecule has 0 unspecified atom stereocenters. The predicted octanol–water partition coefficient (Wildman–Crippen LogP) is 3.88. The summed E-state index contributed by atoms with van der Waals surface area (Å²) in [6, 6.07) is 8.59. The van der Waals surface area contributed by atoms with Gasteiger partial charge in [-0.2, -0.15) is 0 Å². The third-order valence-electron chi connectivity index (χ3n) is 13.4. The van der Waals surface area contributed by atoms with E-state index in [2.05, 4.69) is 17.2 Å². The second-order valence-electron chi connectivity index (χ2n) is 18.4. The average Bonchev–Trinajstić information content (AvgIpc) is 3.27. The Hall–Kier alpha value is -2.79. The zero-order valence-corrected chi connectivity index (χ0v) is 36.1. The van der Waals surface area contributed by atoms with Crippen LogP contribution in [0.3, 0.4) is 0 Å². The molecular weight excluding hydrogens is 745 g/mol. The highest BCUT2D eigenvalue weighted by molar-refractivity contribution is 6.06. The van der Waals surface area contributed by atoms with Crippen LogP contribution < -0.4 is 5.32 Å². The number of hydrogen-bond donors (Lipinski definition) is 4. The van der Waals surface area contributed by atoms with E-state index in [0.717, 1.165) is 10.9 Å². The summed E-state index contributed by atoms with van der Waals surface area (Å²) in [7, 11) is 3.86. The Labute approximate surface area is 343 Å². The number of pyridine rings is 1. The summed E-state index contributed by atoms with van der Waals surface area (Å²) >= 11 is 0. The number of rotatable bonds is 5. The molecule has 1 aromatic heterocycles. The average molecular weight is 813 g/mol. The van der Waals surface area contributed by atoms with Gasteiger partial charge in [0.1, 0.15) is 23.9 Å². The number of likely N-dealkylation sites (tertiary alicyclic amines) is 1. The molecule has 0 radical (unpaired) electrons. The number of nitrogens with one attached hydrogen (secondary N) is 1. The lowest BCUT2D eigenvalue weighted by Crippen LogP contribution is -2.60. The molecule has 324 valence electrons. The maximum Gasteiger partial charge on any atom is 0.311 e. The summed E-state index contributed by atoms with van der Waals surface area (Å²) in [5.74, 6) is -3.36. The number of ether oxygens (including phenoxy) is 5. The summed E-state index contributed by atoms with van der Waals surface area (Å²) < 4.78 is 34.0. The van der Waals surface area contributed by atoms with Crippen LogP contribution in [0.2, 0.25) is 0 Å². The van der Waals surface area contributed by atoms with Crippen molar-refractivity contribution >= 4 is 22.8 Å². The van der Waals surface area contributed by atoms with Crippen molar-refractivity contribution in [3.05, 3.63) is 42.1 Å². The maximum atomic E-state index is 14.3. The van der Waals surface area contributed by atoms with Crippen LogP contribution in [-0.4, -0.2) is 148 Å². The van der Waals surface area contributed by atoms with Crippen molar-refractivity contribution in [3.8, 4) is 0 Å². The fourth-order valence-electron chi connectivity index (χ4n) is 10.1. The first kappa shape index (κ1) is 44.8. The lowest BCUT2D eigenvalue weighted by Gasteiger charge is -2.49. The molecule has 2 aromatic rings. The van der Waals surface area contributed by atoms with Gasteiger partial charge in [0.15, 0.2) is 12.1 Å². The van der Waals surface area contributed by atoms with Crippen molar-refractivity contribution in [1.82, 2.24) is 20.1 Å². The molecule has 4 aliphatic rings. The maximum absolute atomic E-state index is 14.3. The third-order valence-corrected chi connectivity index (χ3v) is 13.4. The number of piperidine rings is 1. The van der Waals surface area contributed by atoms with Crippen LogP contribution in [0.4, 0.5) is 0 Å². The summed E-state index contributed by atoms with van der Waals surface area (Å²) in [6.07, 6.45) is -2.34. The Morgan fingerprint density at radius 2 is 1.76 bits per heavy atom. The molecule has 1 aromatic carbocycles. The van der Waals surface area contributed by atoms with Crippen LogP contribution in [0.1, 0.15) is 97.9 Å². The van der Waals surface area contributed by atoms with Crippen LogP contribution >= 0.6 is 0 Å². The second kappa shape index (κ2) is 17.7. The molecule has 2 bridgehead atoms. The molecule has 1 spiro atoms. The summed E-state index contributed by atoms with van der Waals surface area (Å²) in [5, 5.41) is 39.0. The van der Waals surface area contributed by atoms with E-state index in [4.69, 9.17) is 23.7 Å². The van der Waals surface area contributed by atoms with E-state index in [-0.39, 0.29) is 30.4 Å². The van der Waals surface area contributed by atoms with Gasteiger partial charge in [0.05, 0.1) is 40.9 Å². The molecule has 0 aliphatic carbocycles. The van der Waals surface area contributed by atoms with Crippen molar-refractivity contribution < 1.29 is 48.6 Å². The number of carbonyl (C=O) groups excluding carboxylic acids is 2. The number of carbonyl (C=O) groups is 2. The van der Waals surface area contributed by atoms with Gasteiger partial charge in [0, 0.05) is 55.5 Å².